The Morgan fingerprint density at radius 1 is 1.36 bits per heavy atom. The molecule has 4 heteroatoms. The van der Waals surface area contributed by atoms with Crippen molar-refractivity contribution in [3.63, 3.8) is 0 Å². The molecule has 0 saturated carbocycles. The fourth-order valence-corrected chi connectivity index (χ4v) is 0.755. The molecular weight excluding hydrogens is 198 g/mol. The normalized spacial score (nSPS) is 9.86. The Morgan fingerprint density at radius 3 is 2.07 bits per heavy atom. The van der Waals surface area contributed by atoms with Gasteiger partial charge in [-0.25, -0.2) is 4.79 Å². The number of carbonyl (C=O) groups excluding carboxylic acids is 1. The lowest BCUT2D eigenvalue weighted by molar-refractivity contribution is 0.222. The highest BCUT2D eigenvalue weighted by Gasteiger charge is 2.12. The number of hydrogen-bond acceptors (Lipinski definition) is 3. The summed E-state index contributed by atoms with van der Waals surface area (Å²) in [5.74, 6) is -0.00933. The van der Waals surface area contributed by atoms with Gasteiger partial charge in [-0.05, 0) is 11.8 Å². The van der Waals surface area contributed by atoms with Gasteiger partial charge in [0.2, 0.25) is 0 Å². The van der Waals surface area contributed by atoms with Crippen LogP contribution in [0.3, 0.4) is 0 Å². The molecule has 0 rings (SSSR count). The number of hydrogen-bond donors (Lipinski definition) is 2. The van der Waals surface area contributed by atoms with Crippen molar-refractivity contribution in [3.8, 4) is 0 Å². The maximum absolute atomic E-state index is 10.3. The van der Waals surface area contributed by atoms with Crippen molar-refractivity contribution in [1.29, 1.82) is 5.41 Å². The summed E-state index contributed by atoms with van der Waals surface area (Å²) in [6, 6.07) is 0. The highest BCUT2D eigenvalue weighted by molar-refractivity contribution is 7.96. The first kappa shape index (κ1) is 15.9. The summed E-state index contributed by atoms with van der Waals surface area (Å²) >= 11 is 3.40. The lowest BCUT2D eigenvalue weighted by Gasteiger charge is -2.17. The van der Waals surface area contributed by atoms with Crippen LogP contribution in [0.5, 0.6) is 0 Å². The van der Waals surface area contributed by atoms with Gasteiger partial charge in [-0.15, -0.1) is 0 Å². The third-order valence-electron chi connectivity index (χ3n) is 1.31. The molecule has 0 aliphatic heterocycles. The molecule has 0 unspecified atom stereocenters. The van der Waals surface area contributed by atoms with E-state index in [1.807, 2.05) is 13.8 Å². The second-order valence-electron chi connectivity index (χ2n) is 3.85. The van der Waals surface area contributed by atoms with Gasteiger partial charge >= 0.3 is 5.30 Å². The first-order valence-corrected chi connectivity index (χ1v) is 5.24. The molecule has 0 atom stereocenters. The fourth-order valence-electron chi connectivity index (χ4n) is 0.645. The van der Waals surface area contributed by atoms with E-state index in [2.05, 4.69) is 38.1 Å². The summed E-state index contributed by atoms with van der Waals surface area (Å²) in [5.41, 5.74) is 0.162. The van der Waals surface area contributed by atoms with Gasteiger partial charge in [0, 0.05) is 6.42 Å². The van der Waals surface area contributed by atoms with E-state index in [-0.39, 0.29) is 11.3 Å². The second kappa shape index (κ2) is 7.85. The SMILES string of the molecule is CC.CC(C)(C)CCC(=N)OC(=O)S. The van der Waals surface area contributed by atoms with Crippen LogP contribution in [0.4, 0.5) is 4.79 Å². The van der Waals surface area contributed by atoms with E-state index < -0.39 is 5.30 Å². The van der Waals surface area contributed by atoms with Crippen LogP contribution in [0.1, 0.15) is 47.5 Å². The highest BCUT2D eigenvalue weighted by atomic mass is 32.1. The van der Waals surface area contributed by atoms with Crippen LogP contribution in [0.15, 0.2) is 0 Å². The van der Waals surface area contributed by atoms with Crippen LogP contribution in [0.25, 0.3) is 0 Å². The predicted octanol–water partition coefficient (Wildman–Crippen LogP) is 3.88. The molecule has 1 N–H and O–H groups in total. The molecule has 0 radical (unpaired) electrons. The third-order valence-corrected chi connectivity index (χ3v) is 1.40. The monoisotopic (exact) mass is 219 g/mol. The van der Waals surface area contributed by atoms with Gasteiger partial charge in [0.15, 0.2) is 5.90 Å². The average Bonchev–Trinajstić information content (AvgIpc) is 2.02. The molecule has 0 aromatic heterocycles. The zero-order chi connectivity index (χ0) is 11.8. The average molecular weight is 219 g/mol. The number of thiol groups is 1. The van der Waals surface area contributed by atoms with Gasteiger partial charge in [0.1, 0.15) is 0 Å². The van der Waals surface area contributed by atoms with E-state index in [1.54, 1.807) is 0 Å². The molecule has 0 heterocycles. The maximum atomic E-state index is 10.3. The van der Waals surface area contributed by atoms with E-state index in [4.69, 9.17) is 5.41 Å². The number of nitrogens with one attached hydrogen (secondary N) is 1. The Morgan fingerprint density at radius 2 is 1.79 bits per heavy atom. The van der Waals surface area contributed by atoms with E-state index >= 15 is 0 Å². The molecule has 0 fully saturated rings. The number of rotatable bonds is 2. The quantitative estimate of drug-likeness (QED) is 0.320. The molecular formula is C10H21NO2S. The number of ether oxygens (including phenoxy) is 1. The van der Waals surface area contributed by atoms with Crippen molar-refractivity contribution < 1.29 is 9.53 Å². The zero-order valence-corrected chi connectivity index (χ0v) is 10.6. The van der Waals surface area contributed by atoms with Crippen molar-refractivity contribution >= 4 is 23.8 Å². The lowest BCUT2D eigenvalue weighted by Crippen LogP contribution is -2.11. The molecule has 0 aromatic carbocycles. The first-order chi connectivity index (χ1) is 6.31. The van der Waals surface area contributed by atoms with Crippen LogP contribution in [0, 0.1) is 10.8 Å². The first-order valence-electron chi connectivity index (χ1n) is 4.79. The van der Waals surface area contributed by atoms with Gasteiger partial charge < -0.3 is 4.74 Å². The molecule has 0 saturated heterocycles. The van der Waals surface area contributed by atoms with E-state index in [1.165, 1.54) is 0 Å². The van der Waals surface area contributed by atoms with Crippen LogP contribution >= 0.6 is 12.6 Å². The van der Waals surface area contributed by atoms with Gasteiger partial charge in [0.05, 0.1) is 0 Å². The highest BCUT2D eigenvalue weighted by Crippen LogP contribution is 2.20. The molecule has 14 heavy (non-hydrogen) atoms. The van der Waals surface area contributed by atoms with Crippen molar-refractivity contribution in [3.05, 3.63) is 0 Å². The van der Waals surface area contributed by atoms with Crippen LogP contribution in [-0.2, 0) is 4.74 Å². The minimum absolute atomic E-state index is 0.00933. The molecule has 0 spiro atoms. The lowest BCUT2D eigenvalue weighted by atomic mass is 9.91. The molecule has 3 nitrogen and oxygen atoms in total. The molecule has 0 aliphatic rings. The smallest absolute Gasteiger partial charge is 0.370 e. The topological polar surface area (TPSA) is 50.1 Å². The van der Waals surface area contributed by atoms with Gasteiger partial charge in [0.25, 0.3) is 0 Å². The van der Waals surface area contributed by atoms with Crippen LogP contribution in [-0.4, -0.2) is 11.2 Å². The Hall–Kier alpha value is -0.510. The second-order valence-corrected chi connectivity index (χ2v) is 4.22. The third kappa shape index (κ3) is 14.0. The summed E-state index contributed by atoms with van der Waals surface area (Å²) in [6.45, 7) is 10.2. The fraction of sp³-hybridized carbons (Fsp3) is 0.800. The van der Waals surface area contributed by atoms with Crippen LogP contribution in [0.2, 0.25) is 0 Å². The number of carbonyl (C=O) groups is 1. The van der Waals surface area contributed by atoms with Crippen LogP contribution < -0.4 is 0 Å². The van der Waals surface area contributed by atoms with Crippen molar-refractivity contribution in [2.75, 3.05) is 0 Å². The van der Waals surface area contributed by atoms with Crippen molar-refractivity contribution in [2.24, 2.45) is 5.41 Å². The minimum Gasteiger partial charge on any atom is -0.404 e. The standard InChI is InChI=1S/C8H15NO2S.C2H6/c1-8(2,3)5-4-6(9)11-7(10)12;1-2/h9H,4-5H2,1-3H3,(H,10,12);1-2H3. The molecule has 0 aliphatic carbocycles. The molecule has 0 aromatic rings. The minimum atomic E-state index is -0.714. The van der Waals surface area contributed by atoms with Crippen molar-refractivity contribution in [2.45, 2.75) is 47.5 Å². The zero-order valence-electron chi connectivity index (χ0n) is 9.68. The summed E-state index contributed by atoms with van der Waals surface area (Å²) in [5, 5.41) is 6.49. The van der Waals surface area contributed by atoms with E-state index in [0.29, 0.717) is 6.42 Å². The van der Waals surface area contributed by atoms with Crippen molar-refractivity contribution in [1.82, 2.24) is 0 Å². The Bertz CT molecular complexity index is 185. The predicted molar refractivity (Wildman–Crippen MR) is 63.2 cm³/mol. The molecule has 0 bridgehead atoms. The summed E-state index contributed by atoms with van der Waals surface area (Å²) in [6.07, 6.45) is 1.31. The van der Waals surface area contributed by atoms with Gasteiger partial charge in [-0.2, -0.15) is 0 Å². The Labute approximate surface area is 92.1 Å². The van der Waals surface area contributed by atoms with E-state index in [9.17, 15) is 4.79 Å². The maximum Gasteiger partial charge on any atom is 0.370 e. The molecule has 0 amide bonds. The Kier molecular flexibility index (Phi) is 8.94. The summed E-state index contributed by atoms with van der Waals surface area (Å²) in [7, 11) is 0. The van der Waals surface area contributed by atoms with Gasteiger partial charge in [-0.1, -0.05) is 47.2 Å². The Balaban J connectivity index is 0. The summed E-state index contributed by atoms with van der Waals surface area (Å²) in [4.78, 5) is 10.3. The van der Waals surface area contributed by atoms with Gasteiger partial charge in [-0.3, -0.25) is 5.41 Å². The largest absolute Gasteiger partial charge is 0.404 e. The van der Waals surface area contributed by atoms with E-state index in [0.717, 1.165) is 6.42 Å². The summed E-state index contributed by atoms with van der Waals surface area (Å²) < 4.78 is 4.45. The molecule has 84 valence electrons.